The van der Waals surface area contributed by atoms with E-state index < -0.39 is 0 Å². The molecular formula is C44H28N2. The summed E-state index contributed by atoms with van der Waals surface area (Å²) >= 11 is 0. The van der Waals surface area contributed by atoms with Crippen molar-refractivity contribution in [3.63, 3.8) is 0 Å². The molecule has 8 aromatic rings. The largest absolute Gasteiger partial charge is 0.236 e. The first kappa shape index (κ1) is 26.3. The average molecular weight is 585 g/mol. The summed E-state index contributed by atoms with van der Waals surface area (Å²) in [6.07, 6.45) is 1.95. The van der Waals surface area contributed by atoms with Gasteiger partial charge in [0.25, 0.3) is 0 Å². The van der Waals surface area contributed by atoms with Gasteiger partial charge >= 0.3 is 0 Å². The fraction of sp³-hybridized carbons (Fsp3) is 0. The maximum absolute atomic E-state index is 5.08. The van der Waals surface area contributed by atoms with Gasteiger partial charge in [-0.25, -0.2) is 9.97 Å². The second-order valence-corrected chi connectivity index (χ2v) is 11.8. The van der Waals surface area contributed by atoms with E-state index in [2.05, 4.69) is 152 Å². The highest BCUT2D eigenvalue weighted by molar-refractivity contribution is 6.18. The Morgan fingerprint density at radius 3 is 1.48 bits per heavy atom. The molecule has 2 heteroatoms. The molecule has 2 nitrogen and oxygen atoms in total. The van der Waals surface area contributed by atoms with Gasteiger partial charge in [-0.15, -0.1) is 0 Å². The average Bonchev–Trinajstić information content (AvgIpc) is 3.47. The van der Waals surface area contributed by atoms with Crippen molar-refractivity contribution in [2.24, 2.45) is 0 Å². The van der Waals surface area contributed by atoms with Crippen molar-refractivity contribution in [1.29, 1.82) is 0 Å². The summed E-state index contributed by atoms with van der Waals surface area (Å²) in [5, 5.41) is 2.66. The zero-order valence-electron chi connectivity index (χ0n) is 25.1. The van der Waals surface area contributed by atoms with E-state index in [1.165, 1.54) is 49.7 Å². The molecule has 0 saturated heterocycles. The van der Waals surface area contributed by atoms with Crippen molar-refractivity contribution in [3.05, 3.63) is 170 Å². The molecule has 1 aliphatic rings. The fourth-order valence-electron chi connectivity index (χ4n) is 6.88. The maximum atomic E-state index is 5.08. The van der Waals surface area contributed by atoms with E-state index in [4.69, 9.17) is 9.97 Å². The number of fused-ring (bicyclic) bond motifs is 3. The van der Waals surface area contributed by atoms with E-state index in [0.29, 0.717) is 0 Å². The van der Waals surface area contributed by atoms with E-state index in [0.717, 1.165) is 39.3 Å². The van der Waals surface area contributed by atoms with Crippen LogP contribution < -0.4 is 0 Å². The van der Waals surface area contributed by atoms with Crippen LogP contribution in [-0.4, -0.2) is 9.97 Å². The SMILES string of the molecule is c1ccc(-c2cnc(-c3ccc(-c4ccc(-c5ccc6c7c(cccc57)-c5ccccc5-6)cc4)cc3)nc2-c2ccccc2)cc1. The third kappa shape index (κ3) is 4.35. The fourth-order valence-corrected chi connectivity index (χ4v) is 6.88. The predicted molar refractivity (Wildman–Crippen MR) is 191 cm³/mol. The van der Waals surface area contributed by atoms with E-state index in [1.807, 2.05) is 18.3 Å². The van der Waals surface area contributed by atoms with Crippen LogP contribution in [0.3, 0.4) is 0 Å². The van der Waals surface area contributed by atoms with E-state index in [9.17, 15) is 0 Å². The van der Waals surface area contributed by atoms with E-state index in [-0.39, 0.29) is 0 Å². The molecule has 0 aliphatic heterocycles. The minimum absolute atomic E-state index is 0.717. The summed E-state index contributed by atoms with van der Waals surface area (Å²) in [6.45, 7) is 0. The minimum atomic E-state index is 0.717. The minimum Gasteiger partial charge on any atom is -0.236 e. The van der Waals surface area contributed by atoms with Gasteiger partial charge in [0.05, 0.1) is 5.69 Å². The zero-order chi connectivity index (χ0) is 30.5. The first-order valence-corrected chi connectivity index (χ1v) is 15.7. The van der Waals surface area contributed by atoms with Gasteiger partial charge in [0.2, 0.25) is 0 Å². The van der Waals surface area contributed by atoms with Gasteiger partial charge in [-0.05, 0) is 60.8 Å². The Labute approximate surface area is 268 Å². The molecule has 0 bridgehead atoms. The summed E-state index contributed by atoms with van der Waals surface area (Å²) in [5.74, 6) is 0.717. The Kier molecular flexibility index (Phi) is 6.17. The van der Waals surface area contributed by atoms with Crippen LogP contribution in [0.5, 0.6) is 0 Å². The number of rotatable bonds is 5. The zero-order valence-corrected chi connectivity index (χ0v) is 25.1. The maximum Gasteiger partial charge on any atom is 0.159 e. The van der Waals surface area contributed by atoms with Gasteiger partial charge in [0.1, 0.15) is 0 Å². The lowest BCUT2D eigenvalue weighted by atomic mass is 9.93. The van der Waals surface area contributed by atoms with Crippen molar-refractivity contribution >= 4 is 10.8 Å². The summed E-state index contributed by atoms with van der Waals surface area (Å²) in [6, 6.07) is 58.2. The van der Waals surface area contributed by atoms with Crippen molar-refractivity contribution in [2.75, 3.05) is 0 Å². The standard InChI is InChI=1S/C44H28N2/c1-3-10-31(11-4-1)41-28-45-44(46-43(41)33-12-5-2-6-13-33)34-24-20-30(21-25-34)29-18-22-32(23-19-29)35-26-27-40-37-15-8-7-14-36(37)39-17-9-16-38(35)42(39)40/h1-28H. The molecule has 0 fully saturated rings. The van der Waals surface area contributed by atoms with Crippen molar-refractivity contribution in [2.45, 2.75) is 0 Å². The van der Waals surface area contributed by atoms with Crippen LogP contribution in [0.2, 0.25) is 0 Å². The molecule has 1 aromatic heterocycles. The number of hydrogen-bond acceptors (Lipinski definition) is 2. The monoisotopic (exact) mass is 584 g/mol. The molecule has 1 aliphatic carbocycles. The Morgan fingerprint density at radius 2 is 0.804 bits per heavy atom. The highest BCUT2D eigenvalue weighted by atomic mass is 14.9. The van der Waals surface area contributed by atoms with Crippen molar-refractivity contribution < 1.29 is 0 Å². The van der Waals surface area contributed by atoms with Crippen LogP contribution in [0, 0.1) is 0 Å². The molecule has 0 N–H and O–H groups in total. The number of aromatic nitrogens is 2. The molecule has 9 rings (SSSR count). The quantitative estimate of drug-likeness (QED) is 0.201. The first-order chi connectivity index (χ1) is 22.8. The molecule has 0 unspecified atom stereocenters. The van der Waals surface area contributed by atoms with E-state index >= 15 is 0 Å². The predicted octanol–water partition coefficient (Wildman–Crippen LogP) is 11.6. The lowest BCUT2D eigenvalue weighted by Gasteiger charge is -2.12. The van der Waals surface area contributed by atoms with Gasteiger partial charge in [0, 0.05) is 22.9 Å². The third-order valence-corrected chi connectivity index (χ3v) is 9.14. The lowest BCUT2D eigenvalue weighted by Crippen LogP contribution is -1.96. The Hall–Kier alpha value is -6.12. The highest BCUT2D eigenvalue weighted by Gasteiger charge is 2.22. The van der Waals surface area contributed by atoms with Gasteiger partial charge in [-0.3, -0.25) is 0 Å². The molecule has 214 valence electrons. The van der Waals surface area contributed by atoms with Crippen molar-refractivity contribution in [3.8, 4) is 78.3 Å². The summed E-state index contributed by atoms with van der Waals surface area (Å²) in [4.78, 5) is 9.88. The molecule has 0 saturated carbocycles. The smallest absolute Gasteiger partial charge is 0.159 e. The second kappa shape index (κ2) is 10.8. The molecule has 7 aromatic carbocycles. The van der Waals surface area contributed by atoms with Gasteiger partial charge in [-0.1, -0.05) is 164 Å². The van der Waals surface area contributed by atoms with Crippen LogP contribution in [0.1, 0.15) is 0 Å². The molecule has 0 atom stereocenters. The number of hydrogen-bond donors (Lipinski definition) is 0. The Morgan fingerprint density at radius 1 is 0.304 bits per heavy atom. The van der Waals surface area contributed by atoms with Crippen LogP contribution in [0.25, 0.3) is 89.1 Å². The number of nitrogens with zero attached hydrogens (tertiary/aromatic N) is 2. The van der Waals surface area contributed by atoms with Crippen LogP contribution in [-0.2, 0) is 0 Å². The first-order valence-electron chi connectivity index (χ1n) is 15.7. The molecule has 1 heterocycles. The van der Waals surface area contributed by atoms with Crippen LogP contribution in [0.4, 0.5) is 0 Å². The normalized spacial score (nSPS) is 11.5. The van der Waals surface area contributed by atoms with Gasteiger partial charge in [0.15, 0.2) is 5.82 Å². The van der Waals surface area contributed by atoms with Crippen molar-refractivity contribution in [1.82, 2.24) is 9.97 Å². The van der Waals surface area contributed by atoms with Gasteiger partial charge < -0.3 is 0 Å². The topological polar surface area (TPSA) is 25.8 Å². The van der Waals surface area contributed by atoms with Gasteiger partial charge in [-0.2, -0.15) is 0 Å². The number of benzene rings is 7. The summed E-state index contributed by atoms with van der Waals surface area (Å²) in [5.41, 5.74) is 15.3. The molecular weight excluding hydrogens is 556 g/mol. The molecule has 0 spiro atoms. The summed E-state index contributed by atoms with van der Waals surface area (Å²) < 4.78 is 0. The Balaban J connectivity index is 1.03. The molecule has 0 radical (unpaired) electrons. The highest BCUT2D eigenvalue weighted by Crippen LogP contribution is 2.49. The van der Waals surface area contributed by atoms with Crippen LogP contribution >= 0.6 is 0 Å². The lowest BCUT2D eigenvalue weighted by molar-refractivity contribution is 1.18. The summed E-state index contributed by atoms with van der Waals surface area (Å²) in [7, 11) is 0. The molecule has 0 amide bonds. The third-order valence-electron chi connectivity index (χ3n) is 9.14. The Bertz CT molecular complexity index is 2350. The second-order valence-electron chi connectivity index (χ2n) is 11.8. The van der Waals surface area contributed by atoms with E-state index in [1.54, 1.807) is 0 Å². The molecule has 46 heavy (non-hydrogen) atoms. The van der Waals surface area contributed by atoms with Crippen LogP contribution in [0.15, 0.2) is 170 Å².